The van der Waals surface area contributed by atoms with E-state index in [1.54, 1.807) is 26.2 Å². The first-order valence-electron chi connectivity index (χ1n) is 18.3. The Balaban J connectivity index is 0.00000504. The average Bonchev–Trinajstić information content (AvgIpc) is 3.54. The van der Waals surface area contributed by atoms with Crippen LogP contribution in [0.15, 0.2) is 36.4 Å². The summed E-state index contributed by atoms with van der Waals surface area (Å²) >= 11 is 0. The summed E-state index contributed by atoms with van der Waals surface area (Å²) in [6.07, 6.45) is 5.35. The van der Waals surface area contributed by atoms with Crippen molar-refractivity contribution < 1.29 is 24.5 Å². The Morgan fingerprint density at radius 1 is 1.06 bits per heavy atom. The number of hydrogen-bond acceptors (Lipinski definition) is 7. The van der Waals surface area contributed by atoms with Crippen molar-refractivity contribution in [3.63, 3.8) is 0 Å². The number of rotatable bonds is 11. The molecule has 0 bridgehead atoms. The van der Waals surface area contributed by atoms with E-state index >= 15 is 8.78 Å². The molecule has 1 aliphatic carbocycles. The highest BCUT2D eigenvalue weighted by atomic mass is 19.1. The van der Waals surface area contributed by atoms with Gasteiger partial charge < -0.3 is 29.7 Å². The van der Waals surface area contributed by atoms with E-state index < -0.39 is 17.8 Å². The minimum atomic E-state index is -0.629. The molecule has 0 spiro atoms. The Kier molecular flexibility index (Phi) is 11.0. The molecular formula is C39H54F2N6O3. The van der Waals surface area contributed by atoms with Crippen LogP contribution >= 0.6 is 0 Å². The first-order chi connectivity index (χ1) is 24.0. The number of alkyl carbamates (subject to hydrolysis) is 1. The third-order valence-corrected chi connectivity index (χ3v) is 12.0. The molecule has 0 aromatic heterocycles. The molecule has 3 aliphatic heterocycles. The summed E-state index contributed by atoms with van der Waals surface area (Å²) in [5, 5.41) is 12.7. The fraction of sp³-hybridized carbons (Fsp3) is 0.615. The first kappa shape index (κ1) is 36.1. The number of hydrogen-bond donors (Lipinski definition) is 1. The molecule has 2 aromatic rings. The molecule has 3 atom stereocenters. The van der Waals surface area contributed by atoms with Crippen LogP contribution in [-0.4, -0.2) is 106 Å². The van der Waals surface area contributed by atoms with E-state index in [1.807, 2.05) is 17.0 Å². The van der Waals surface area contributed by atoms with Crippen LogP contribution in [-0.2, 0) is 10.2 Å². The van der Waals surface area contributed by atoms with E-state index in [0.717, 1.165) is 83.4 Å². The highest BCUT2D eigenvalue weighted by molar-refractivity contribution is 5.97. The van der Waals surface area contributed by atoms with E-state index in [4.69, 9.17) is 4.74 Å². The number of amides is 2. The van der Waals surface area contributed by atoms with Crippen LogP contribution in [0.3, 0.4) is 0 Å². The van der Waals surface area contributed by atoms with Gasteiger partial charge >= 0.3 is 6.09 Å². The minimum Gasteiger partial charge on any atom is -0.453 e. The van der Waals surface area contributed by atoms with E-state index in [9.17, 15) is 14.9 Å². The monoisotopic (exact) mass is 692 g/mol. The van der Waals surface area contributed by atoms with Crippen LogP contribution < -0.4 is 10.2 Å². The molecule has 0 radical (unpaired) electrons. The number of piperidine rings is 1. The number of nitriles is 1. The van der Waals surface area contributed by atoms with Gasteiger partial charge in [0, 0.05) is 65.6 Å². The lowest BCUT2D eigenvalue weighted by Gasteiger charge is -2.52. The summed E-state index contributed by atoms with van der Waals surface area (Å²) in [5.74, 6) is 0.187. The van der Waals surface area contributed by atoms with Crippen molar-refractivity contribution in [1.29, 1.82) is 5.26 Å². The second-order valence-corrected chi connectivity index (χ2v) is 15.4. The summed E-state index contributed by atoms with van der Waals surface area (Å²) in [4.78, 5) is 33.5. The fourth-order valence-electron chi connectivity index (χ4n) is 9.59. The van der Waals surface area contributed by atoms with Gasteiger partial charge in [-0.3, -0.25) is 4.79 Å². The van der Waals surface area contributed by atoms with Crippen molar-refractivity contribution in [2.45, 2.75) is 56.9 Å². The normalized spacial score (nSPS) is 23.4. The van der Waals surface area contributed by atoms with Crippen LogP contribution in [0.25, 0.3) is 0 Å². The Morgan fingerprint density at radius 3 is 2.44 bits per heavy atom. The Bertz CT molecular complexity index is 1580. The molecule has 1 saturated carbocycles. The van der Waals surface area contributed by atoms with Gasteiger partial charge in [-0.15, -0.1) is 0 Å². The summed E-state index contributed by atoms with van der Waals surface area (Å²) in [6, 6.07) is 12.3. The molecule has 0 unspecified atom stereocenters. The van der Waals surface area contributed by atoms with Crippen molar-refractivity contribution in [2.24, 2.45) is 23.7 Å². The predicted octanol–water partition coefficient (Wildman–Crippen LogP) is 5.74. The number of ether oxygens (including phenoxy) is 1. The summed E-state index contributed by atoms with van der Waals surface area (Å²) < 4.78 is 35.7. The molecule has 2 amide bonds. The molecule has 272 valence electrons. The maximum Gasteiger partial charge on any atom is 0.407 e. The molecule has 3 heterocycles. The molecular weight excluding hydrogens is 638 g/mol. The second-order valence-electron chi connectivity index (χ2n) is 15.4. The third kappa shape index (κ3) is 7.20. The molecule has 11 heteroatoms. The number of carbonyl (C=O) groups is 2. The quantitative estimate of drug-likeness (QED) is 0.322. The maximum absolute atomic E-state index is 15.6. The number of carbonyl (C=O) groups excluding carboxylic acids is 2. The Labute approximate surface area is 297 Å². The zero-order valence-corrected chi connectivity index (χ0v) is 30.0. The molecule has 3 saturated heterocycles. The highest BCUT2D eigenvalue weighted by Gasteiger charge is 2.52. The van der Waals surface area contributed by atoms with Gasteiger partial charge in [-0.05, 0) is 99.3 Å². The average molecular weight is 693 g/mol. The molecule has 6 rings (SSSR count). The fourth-order valence-corrected chi connectivity index (χ4v) is 9.59. The molecule has 50 heavy (non-hydrogen) atoms. The van der Waals surface area contributed by atoms with Crippen molar-refractivity contribution >= 4 is 17.7 Å². The number of nitrogens with zero attached hydrogens (tertiary/aromatic N) is 5. The van der Waals surface area contributed by atoms with Gasteiger partial charge in [-0.1, -0.05) is 25.5 Å². The SMILES string of the molecule is COC(=O)N[C@H]1CCC[C@@H]1[C@](CCN1CC(C)C1)(c1cccc(F)c1)C1CCN(CC2CN(c3ccc(C#N)c(C(=O)N(C)C)c3F)C2)CC1.[HH]. The molecule has 4 fully saturated rings. The summed E-state index contributed by atoms with van der Waals surface area (Å²) in [6.45, 7) is 9.53. The number of likely N-dealkylation sites (tertiary alicyclic amines) is 2. The lowest BCUT2D eigenvalue weighted by atomic mass is 9.56. The second kappa shape index (κ2) is 15.2. The zero-order chi connectivity index (χ0) is 35.6. The lowest BCUT2D eigenvalue weighted by Crippen LogP contribution is -2.56. The molecule has 9 nitrogen and oxygen atoms in total. The van der Waals surface area contributed by atoms with E-state index in [0.29, 0.717) is 36.5 Å². The lowest BCUT2D eigenvalue weighted by molar-refractivity contribution is 0.0368. The summed E-state index contributed by atoms with van der Waals surface area (Å²) in [7, 11) is 4.52. The van der Waals surface area contributed by atoms with Crippen molar-refractivity contribution in [2.75, 3.05) is 78.5 Å². The highest BCUT2D eigenvalue weighted by Crippen LogP contribution is 2.53. The summed E-state index contributed by atoms with van der Waals surface area (Å²) in [5.41, 5.74) is 1.00. The zero-order valence-electron chi connectivity index (χ0n) is 30.0. The molecule has 4 aliphatic rings. The number of nitrogens with one attached hydrogen (secondary N) is 1. The largest absolute Gasteiger partial charge is 0.453 e. The minimum absolute atomic E-state index is 0. The molecule has 2 aromatic carbocycles. The van der Waals surface area contributed by atoms with Gasteiger partial charge in [-0.25, -0.2) is 13.6 Å². The van der Waals surface area contributed by atoms with Crippen molar-refractivity contribution in [3.05, 3.63) is 64.7 Å². The van der Waals surface area contributed by atoms with Crippen molar-refractivity contribution in [1.82, 2.24) is 20.0 Å². The van der Waals surface area contributed by atoms with Gasteiger partial charge in [0.15, 0.2) is 5.82 Å². The maximum atomic E-state index is 15.6. The smallest absolute Gasteiger partial charge is 0.407 e. The van der Waals surface area contributed by atoms with Crippen LogP contribution in [0, 0.1) is 46.6 Å². The predicted molar refractivity (Wildman–Crippen MR) is 191 cm³/mol. The van der Waals surface area contributed by atoms with Crippen LogP contribution in [0.2, 0.25) is 0 Å². The third-order valence-electron chi connectivity index (χ3n) is 12.0. The van der Waals surface area contributed by atoms with Crippen LogP contribution in [0.5, 0.6) is 0 Å². The first-order valence-corrected chi connectivity index (χ1v) is 18.3. The van der Waals surface area contributed by atoms with Gasteiger partial charge in [0.05, 0.1) is 23.9 Å². The topological polar surface area (TPSA) is 92.1 Å². The Hall–Kier alpha value is -3.75. The number of anilines is 1. The van der Waals surface area contributed by atoms with Gasteiger partial charge in [0.1, 0.15) is 11.9 Å². The number of benzene rings is 2. The van der Waals surface area contributed by atoms with E-state index in [-0.39, 0.29) is 35.7 Å². The molecule has 1 N–H and O–H groups in total. The number of methoxy groups -OCH3 is 1. The Morgan fingerprint density at radius 2 is 1.80 bits per heavy atom. The van der Waals surface area contributed by atoms with Gasteiger partial charge in [0.25, 0.3) is 5.91 Å². The van der Waals surface area contributed by atoms with E-state index in [2.05, 4.69) is 28.1 Å². The van der Waals surface area contributed by atoms with Crippen LogP contribution in [0.1, 0.15) is 68.4 Å². The number of halogens is 2. The van der Waals surface area contributed by atoms with Gasteiger partial charge in [-0.2, -0.15) is 5.26 Å². The standard InChI is InChI=1S/C39H52F2N6O3.H2/c1-26-21-46(22-26)18-15-39(30-7-5-8-31(40)19-30,32-9-6-10-33(32)43-38(49)50-4)29-13-16-45(17-14-29)23-27-24-47(25-27)34-12-11-28(20-42)35(36(34)41)37(48)44(2)3;/h5,7-8,11-12,19,26-27,29,32-33H,6,9-10,13-18,21-25H2,1-4H3,(H,43,49);1H/t32-,33-,39-;/m0./s1. The van der Waals surface area contributed by atoms with Crippen molar-refractivity contribution in [3.8, 4) is 6.07 Å². The van der Waals surface area contributed by atoms with E-state index in [1.165, 1.54) is 24.1 Å². The van der Waals surface area contributed by atoms with Gasteiger partial charge in [0.2, 0.25) is 0 Å². The van der Waals surface area contributed by atoms with Crippen LogP contribution in [0.4, 0.5) is 19.3 Å².